The molecule has 4 heteroatoms. The molecule has 0 atom stereocenters. The lowest BCUT2D eigenvalue weighted by Gasteiger charge is -2.34. The maximum atomic E-state index is 6.31. The fraction of sp³-hybridized carbons (Fsp3) is 0.389. The van der Waals surface area contributed by atoms with Crippen LogP contribution in [0.2, 0.25) is 5.15 Å². The first-order chi connectivity index (χ1) is 10.8. The topological polar surface area (TPSA) is 19.4 Å². The van der Waals surface area contributed by atoms with Gasteiger partial charge in [-0.05, 0) is 18.2 Å². The van der Waals surface area contributed by atoms with E-state index in [4.69, 9.17) is 11.6 Å². The van der Waals surface area contributed by atoms with E-state index >= 15 is 0 Å². The summed E-state index contributed by atoms with van der Waals surface area (Å²) >= 11 is 6.31. The van der Waals surface area contributed by atoms with Gasteiger partial charge >= 0.3 is 0 Å². The molecule has 1 fully saturated rings. The van der Waals surface area contributed by atoms with Crippen molar-refractivity contribution < 1.29 is 0 Å². The molecule has 116 valence electrons. The second kappa shape index (κ2) is 7.23. The molecule has 1 saturated heterocycles. The van der Waals surface area contributed by atoms with Gasteiger partial charge in [-0.2, -0.15) is 0 Å². The molecule has 0 amide bonds. The zero-order valence-corrected chi connectivity index (χ0v) is 13.8. The second-order valence-electron chi connectivity index (χ2n) is 5.75. The van der Waals surface area contributed by atoms with E-state index in [1.807, 2.05) is 24.4 Å². The van der Waals surface area contributed by atoms with Gasteiger partial charge in [0.15, 0.2) is 0 Å². The van der Waals surface area contributed by atoms with E-state index in [1.165, 1.54) is 5.56 Å². The van der Waals surface area contributed by atoms with E-state index < -0.39 is 0 Å². The van der Waals surface area contributed by atoms with Crippen molar-refractivity contribution in [3.63, 3.8) is 0 Å². The summed E-state index contributed by atoms with van der Waals surface area (Å²) in [5, 5.41) is 0.623. The summed E-state index contributed by atoms with van der Waals surface area (Å²) in [6, 6.07) is 12.5. The molecule has 1 aliphatic rings. The molecule has 0 bridgehead atoms. The summed E-state index contributed by atoms with van der Waals surface area (Å²) in [6.07, 6.45) is 1.86. The molecule has 3 nitrogen and oxygen atoms in total. The number of pyridine rings is 1. The van der Waals surface area contributed by atoms with Gasteiger partial charge in [-0.1, -0.05) is 48.9 Å². The molecule has 22 heavy (non-hydrogen) atoms. The standard InChI is InChI=1S/C18H22ClN3/c1-2-21-8-10-22(11-9-21)14-17-12-16(13-20-18(17)19)15-6-4-3-5-7-15/h3-7,12-13H,2,8-11,14H2,1H3. The van der Waals surface area contributed by atoms with Crippen molar-refractivity contribution in [2.24, 2.45) is 0 Å². The Kier molecular flexibility index (Phi) is 5.08. The third-order valence-electron chi connectivity index (χ3n) is 4.32. The van der Waals surface area contributed by atoms with Gasteiger partial charge in [-0.3, -0.25) is 4.90 Å². The third-order valence-corrected chi connectivity index (χ3v) is 4.67. The molecule has 0 saturated carbocycles. The minimum Gasteiger partial charge on any atom is -0.301 e. The van der Waals surface area contributed by atoms with Gasteiger partial charge in [0.25, 0.3) is 0 Å². The van der Waals surface area contributed by atoms with Gasteiger partial charge < -0.3 is 4.90 Å². The van der Waals surface area contributed by atoms with Crippen LogP contribution in [0.15, 0.2) is 42.6 Å². The van der Waals surface area contributed by atoms with E-state index in [0.29, 0.717) is 5.15 Å². The first kappa shape index (κ1) is 15.5. The van der Waals surface area contributed by atoms with Crippen LogP contribution >= 0.6 is 11.6 Å². The zero-order chi connectivity index (χ0) is 15.4. The molecule has 0 aliphatic carbocycles. The Hall–Kier alpha value is -1.42. The number of piperazine rings is 1. The molecule has 0 radical (unpaired) electrons. The molecular weight excluding hydrogens is 294 g/mol. The zero-order valence-electron chi connectivity index (χ0n) is 13.0. The molecule has 1 aromatic heterocycles. The number of aromatic nitrogens is 1. The number of hydrogen-bond acceptors (Lipinski definition) is 3. The Morgan fingerprint density at radius 1 is 1.00 bits per heavy atom. The van der Waals surface area contributed by atoms with Crippen molar-refractivity contribution in [3.8, 4) is 11.1 Å². The molecule has 3 rings (SSSR count). The highest BCUT2D eigenvalue weighted by molar-refractivity contribution is 6.30. The molecule has 2 heterocycles. The van der Waals surface area contributed by atoms with Crippen LogP contribution in [0.25, 0.3) is 11.1 Å². The van der Waals surface area contributed by atoms with Crippen LogP contribution in [0.3, 0.4) is 0 Å². The first-order valence-electron chi connectivity index (χ1n) is 7.91. The first-order valence-corrected chi connectivity index (χ1v) is 8.28. The maximum absolute atomic E-state index is 6.31. The Balaban J connectivity index is 1.74. The SMILES string of the molecule is CCN1CCN(Cc2cc(-c3ccccc3)cnc2Cl)CC1. The van der Waals surface area contributed by atoms with Crippen molar-refractivity contribution in [2.75, 3.05) is 32.7 Å². The largest absolute Gasteiger partial charge is 0.301 e. The fourth-order valence-corrected chi connectivity index (χ4v) is 3.06. The van der Waals surface area contributed by atoms with Crippen LogP contribution in [-0.2, 0) is 6.54 Å². The highest BCUT2D eigenvalue weighted by Gasteiger charge is 2.17. The quantitative estimate of drug-likeness (QED) is 0.805. The Morgan fingerprint density at radius 2 is 1.68 bits per heavy atom. The molecule has 0 unspecified atom stereocenters. The molecule has 2 aromatic rings. The van der Waals surface area contributed by atoms with Gasteiger partial charge in [0.1, 0.15) is 5.15 Å². The Labute approximate surface area is 137 Å². The van der Waals surface area contributed by atoms with Gasteiger partial charge in [0, 0.05) is 50.0 Å². The van der Waals surface area contributed by atoms with Gasteiger partial charge in [0.2, 0.25) is 0 Å². The van der Waals surface area contributed by atoms with Crippen LogP contribution in [-0.4, -0.2) is 47.5 Å². The monoisotopic (exact) mass is 315 g/mol. The third kappa shape index (κ3) is 3.67. The lowest BCUT2D eigenvalue weighted by Crippen LogP contribution is -2.45. The number of nitrogens with zero attached hydrogens (tertiary/aromatic N) is 3. The summed E-state index contributed by atoms with van der Waals surface area (Å²) in [7, 11) is 0. The number of rotatable bonds is 4. The molecule has 0 N–H and O–H groups in total. The lowest BCUT2D eigenvalue weighted by molar-refractivity contribution is 0.132. The fourth-order valence-electron chi connectivity index (χ4n) is 2.90. The lowest BCUT2D eigenvalue weighted by atomic mass is 10.1. The number of benzene rings is 1. The van der Waals surface area contributed by atoms with E-state index in [1.54, 1.807) is 0 Å². The average Bonchev–Trinajstić information content (AvgIpc) is 2.58. The van der Waals surface area contributed by atoms with Crippen molar-refractivity contribution in [1.29, 1.82) is 0 Å². The summed E-state index contributed by atoms with van der Waals surface area (Å²) in [4.78, 5) is 9.33. The van der Waals surface area contributed by atoms with Crippen molar-refractivity contribution in [3.05, 3.63) is 53.3 Å². The minimum atomic E-state index is 0.623. The predicted octanol–water partition coefficient (Wildman–Crippen LogP) is 3.54. The molecule has 0 spiro atoms. The van der Waals surface area contributed by atoms with Gasteiger partial charge in [-0.15, -0.1) is 0 Å². The normalized spacial score (nSPS) is 16.8. The van der Waals surface area contributed by atoms with E-state index in [0.717, 1.165) is 50.4 Å². The Morgan fingerprint density at radius 3 is 2.36 bits per heavy atom. The minimum absolute atomic E-state index is 0.623. The van der Waals surface area contributed by atoms with Crippen LogP contribution in [0.4, 0.5) is 0 Å². The molecule has 1 aliphatic heterocycles. The molecular formula is C18H22ClN3. The van der Waals surface area contributed by atoms with Crippen LogP contribution in [0.5, 0.6) is 0 Å². The Bertz CT molecular complexity index is 607. The number of halogens is 1. The summed E-state index contributed by atoms with van der Waals surface area (Å²) in [5.41, 5.74) is 3.43. The number of hydrogen-bond donors (Lipinski definition) is 0. The molecule has 1 aromatic carbocycles. The van der Waals surface area contributed by atoms with Crippen LogP contribution < -0.4 is 0 Å². The highest BCUT2D eigenvalue weighted by Crippen LogP contribution is 2.24. The van der Waals surface area contributed by atoms with Crippen molar-refractivity contribution in [1.82, 2.24) is 14.8 Å². The second-order valence-corrected chi connectivity index (χ2v) is 6.11. The van der Waals surface area contributed by atoms with E-state index in [-0.39, 0.29) is 0 Å². The summed E-state index contributed by atoms with van der Waals surface area (Å²) in [5.74, 6) is 0. The average molecular weight is 316 g/mol. The van der Waals surface area contributed by atoms with E-state index in [2.05, 4.69) is 39.9 Å². The smallest absolute Gasteiger partial charge is 0.133 e. The number of likely N-dealkylation sites (N-methyl/N-ethyl adjacent to an activating group) is 1. The van der Waals surface area contributed by atoms with Crippen molar-refractivity contribution >= 4 is 11.6 Å². The van der Waals surface area contributed by atoms with E-state index in [9.17, 15) is 0 Å². The summed E-state index contributed by atoms with van der Waals surface area (Å²) < 4.78 is 0. The van der Waals surface area contributed by atoms with Crippen molar-refractivity contribution in [2.45, 2.75) is 13.5 Å². The highest BCUT2D eigenvalue weighted by atomic mass is 35.5. The predicted molar refractivity (Wildman–Crippen MR) is 92.1 cm³/mol. The van der Waals surface area contributed by atoms with Crippen LogP contribution in [0.1, 0.15) is 12.5 Å². The van der Waals surface area contributed by atoms with Gasteiger partial charge in [0.05, 0.1) is 0 Å². The van der Waals surface area contributed by atoms with Gasteiger partial charge in [-0.25, -0.2) is 4.98 Å². The van der Waals surface area contributed by atoms with Crippen LogP contribution in [0, 0.1) is 0 Å². The maximum Gasteiger partial charge on any atom is 0.133 e. The summed E-state index contributed by atoms with van der Waals surface area (Å²) in [6.45, 7) is 8.71.